The van der Waals surface area contributed by atoms with E-state index >= 15 is 0 Å². The van der Waals surface area contributed by atoms with Crippen molar-refractivity contribution < 1.29 is 4.74 Å². The maximum Gasteiger partial charge on any atom is 0.119 e. The van der Waals surface area contributed by atoms with Crippen LogP contribution in [0.15, 0.2) is 24.3 Å². The maximum atomic E-state index is 6.10. The van der Waals surface area contributed by atoms with Gasteiger partial charge in [0.25, 0.3) is 0 Å². The first-order chi connectivity index (χ1) is 10.2. The van der Waals surface area contributed by atoms with Gasteiger partial charge in [-0.3, -0.25) is 0 Å². The van der Waals surface area contributed by atoms with Crippen molar-refractivity contribution in [3.63, 3.8) is 0 Å². The highest BCUT2D eigenvalue weighted by Crippen LogP contribution is 2.26. The Bertz CT molecular complexity index is 428. The van der Waals surface area contributed by atoms with Crippen molar-refractivity contribution in [3.05, 3.63) is 29.8 Å². The molecule has 0 aromatic heterocycles. The number of rotatable bonds is 8. The van der Waals surface area contributed by atoms with Crippen LogP contribution in [0.4, 0.5) is 0 Å². The third-order valence-corrected chi connectivity index (χ3v) is 4.32. The Labute approximate surface area is 138 Å². The van der Waals surface area contributed by atoms with Crippen LogP contribution < -0.4 is 4.74 Å². The zero-order chi connectivity index (χ0) is 16.8. The first kappa shape index (κ1) is 19.1. The van der Waals surface area contributed by atoms with E-state index < -0.39 is 0 Å². The van der Waals surface area contributed by atoms with E-state index in [1.165, 1.54) is 24.8 Å². The van der Waals surface area contributed by atoms with E-state index in [4.69, 9.17) is 4.74 Å². The minimum absolute atomic E-state index is 0.291. The van der Waals surface area contributed by atoms with E-state index in [1.54, 1.807) is 0 Å². The van der Waals surface area contributed by atoms with Crippen LogP contribution in [-0.4, -0.2) is 6.10 Å². The quantitative estimate of drug-likeness (QED) is 0.512. The first-order valence-electron chi connectivity index (χ1n) is 8.94. The van der Waals surface area contributed by atoms with Gasteiger partial charge in [-0.2, -0.15) is 0 Å². The molecular formula is C21H36O. The summed E-state index contributed by atoms with van der Waals surface area (Å²) < 4.78 is 6.10. The first-order valence-corrected chi connectivity index (χ1v) is 8.94. The molecule has 1 nitrogen and oxygen atoms in total. The molecule has 2 atom stereocenters. The summed E-state index contributed by atoms with van der Waals surface area (Å²) in [5.74, 6) is 2.35. The second kappa shape index (κ2) is 8.60. The van der Waals surface area contributed by atoms with Gasteiger partial charge >= 0.3 is 0 Å². The van der Waals surface area contributed by atoms with Crippen LogP contribution in [0.2, 0.25) is 0 Å². The summed E-state index contributed by atoms with van der Waals surface area (Å²) in [5, 5.41) is 0. The van der Waals surface area contributed by atoms with Gasteiger partial charge in [-0.25, -0.2) is 0 Å². The molecule has 1 heteroatoms. The summed E-state index contributed by atoms with van der Waals surface area (Å²) in [6.45, 7) is 16.0. The van der Waals surface area contributed by atoms with Crippen LogP contribution in [0, 0.1) is 11.3 Å². The normalized spacial score (nSPS) is 14.9. The Morgan fingerprint density at radius 3 is 2.23 bits per heavy atom. The van der Waals surface area contributed by atoms with Gasteiger partial charge in [0.15, 0.2) is 0 Å². The maximum absolute atomic E-state index is 6.10. The largest absolute Gasteiger partial charge is 0.491 e. The van der Waals surface area contributed by atoms with Gasteiger partial charge in [0, 0.05) is 0 Å². The van der Waals surface area contributed by atoms with Crippen LogP contribution in [0.1, 0.15) is 85.6 Å². The fraction of sp³-hybridized carbons (Fsp3) is 0.714. The predicted molar refractivity (Wildman–Crippen MR) is 97.7 cm³/mol. The summed E-state index contributed by atoms with van der Waals surface area (Å²) in [6, 6.07) is 8.54. The molecule has 2 unspecified atom stereocenters. The van der Waals surface area contributed by atoms with Gasteiger partial charge < -0.3 is 4.74 Å². The fourth-order valence-corrected chi connectivity index (χ4v) is 2.58. The molecule has 0 fully saturated rings. The van der Waals surface area contributed by atoms with Gasteiger partial charge in [-0.15, -0.1) is 0 Å². The minimum atomic E-state index is 0.291. The zero-order valence-electron chi connectivity index (χ0n) is 15.8. The van der Waals surface area contributed by atoms with Crippen molar-refractivity contribution in [2.45, 2.75) is 86.2 Å². The highest BCUT2D eigenvalue weighted by atomic mass is 16.5. The molecule has 0 saturated carbocycles. The zero-order valence-corrected chi connectivity index (χ0v) is 15.8. The summed E-state index contributed by atoms with van der Waals surface area (Å²) in [4.78, 5) is 0. The van der Waals surface area contributed by atoms with E-state index in [0.29, 0.717) is 17.4 Å². The molecule has 126 valence electrons. The van der Waals surface area contributed by atoms with Crippen molar-refractivity contribution in [1.82, 2.24) is 0 Å². The predicted octanol–water partition coefficient (Wildman–Crippen LogP) is 6.82. The third-order valence-electron chi connectivity index (χ3n) is 4.32. The lowest BCUT2D eigenvalue weighted by molar-refractivity contribution is 0.196. The van der Waals surface area contributed by atoms with Crippen LogP contribution in [0.3, 0.4) is 0 Å². The van der Waals surface area contributed by atoms with Crippen molar-refractivity contribution in [3.8, 4) is 5.75 Å². The Hall–Kier alpha value is -0.980. The monoisotopic (exact) mass is 304 g/mol. The van der Waals surface area contributed by atoms with E-state index in [9.17, 15) is 0 Å². The van der Waals surface area contributed by atoms with Crippen LogP contribution in [0.25, 0.3) is 0 Å². The van der Waals surface area contributed by atoms with Crippen LogP contribution in [0.5, 0.6) is 5.75 Å². The number of benzene rings is 1. The topological polar surface area (TPSA) is 9.23 Å². The molecule has 0 heterocycles. The Morgan fingerprint density at radius 1 is 0.955 bits per heavy atom. The average molecular weight is 305 g/mol. The lowest BCUT2D eigenvalue weighted by atomic mass is 9.86. The number of hydrogen-bond donors (Lipinski definition) is 0. The van der Waals surface area contributed by atoms with E-state index in [2.05, 4.69) is 72.7 Å². The molecule has 0 radical (unpaired) electrons. The molecule has 0 bridgehead atoms. The fourth-order valence-electron chi connectivity index (χ4n) is 2.58. The van der Waals surface area contributed by atoms with E-state index in [1.807, 2.05) is 0 Å². The molecule has 0 spiro atoms. The number of ether oxygens (including phenoxy) is 1. The molecule has 0 N–H and O–H groups in total. The summed E-state index contributed by atoms with van der Waals surface area (Å²) >= 11 is 0. The molecule has 0 saturated heterocycles. The molecule has 0 amide bonds. The molecule has 1 aromatic rings. The Balaban J connectivity index is 2.37. The van der Waals surface area contributed by atoms with E-state index in [0.717, 1.165) is 18.1 Å². The SMILES string of the molecule is CC(CCC(C)Oc1cccc(C(C)C)c1)CCC(C)(C)C. The molecule has 0 aliphatic carbocycles. The summed E-state index contributed by atoms with van der Waals surface area (Å²) in [6.07, 6.45) is 5.30. The molecule has 22 heavy (non-hydrogen) atoms. The lowest BCUT2D eigenvalue weighted by Crippen LogP contribution is -2.14. The van der Waals surface area contributed by atoms with Crippen molar-refractivity contribution in [2.24, 2.45) is 11.3 Å². The summed E-state index contributed by atoms with van der Waals surface area (Å²) in [5.41, 5.74) is 1.80. The Morgan fingerprint density at radius 2 is 1.64 bits per heavy atom. The van der Waals surface area contributed by atoms with Crippen LogP contribution in [-0.2, 0) is 0 Å². The average Bonchev–Trinajstić information content (AvgIpc) is 2.42. The second-order valence-corrected chi connectivity index (χ2v) is 8.44. The molecule has 1 rings (SSSR count). The van der Waals surface area contributed by atoms with Crippen LogP contribution >= 0.6 is 0 Å². The Kier molecular flexibility index (Phi) is 7.45. The van der Waals surface area contributed by atoms with Gasteiger partial charge in [0.1, 0.15) is 5.75 Å². The molecular weight excluding hydrogens is 268 g/mol. The van der Waals surface area contributed by atoms with Gasteiger partial charge in [0.2, 0.25) is 0 Å². The highest BCUT2D eigenvalue weighted by molar-refractivity contribution is 5.30. The van der Waals surface area contributed by atoms with Gasteiger partial charge in [-0.1, -0.05) is 60.1 Å². The highest BCUT2D eigenvalue weighted by Gasteiger charge is 2.14. The third kappa shape index (κ3) is 7.87. The number of hydrogen-bond acceptors (Lipinski definition) is 1. The second-order valence-electron chi connectivity index (χ2n) is 8.44. The molecule has 0 aliphatic rings. The van der Waals surface area contributed by atoms with Gasteiger partial charge in [0.05, 0.1) is 6.10 Å². The smallest absolute Gasteiger partial charge is 0.119 e. The van der Waals surface area contributed by atoms with Crippen molar-refractivity contribution in [2.75, 3.05) is 0 Å². The molecule has 1 aromatic carbocycles. The summed E-state index contributed by atoms with van der Waals surface area (Å²) in [7, 11) is 0. The molecule has 0 aliphatic heterocycles. The van der Waals surface area contributed by atoms with Gasteiger partial charge in [-0.05, 0) is 61.1 Å². The minimum Gasteiger partial charge on any atom is -0.491 e. The van der Waals surface area contributed by atoms with Crippen molar-refractivity contribution >= 4 is 0 Å². The van der Waals surface area contributed by atoms with Crippen molar-refractivity contribution in [1.29, 1.82) is 0 Å². The lowest BCUT2D eigenvalue weighted by Gasteiger charge is -2.22. The standard InChI is InChI=1S/C21H36O/c1-16(2)19-9-8-10-20(15-19)22-18(4)12-11-17(3)13-14-21(5,6)7/h8-10,15-18H,11-14H2,1-7H3. The van der Waals surface area contributed by atoms with E-state index in [-0.39, 0.29) is 0 Å².